The number of methoxy groups -OCH3 is 1. The van der Waals surface area contributed by atoms with Crippen LogP contribution in [0.25, 0.3) is 5.78 Å². The van der Waals surface area contributed by atoms with Crippen LogP contribution < -0.4 is 10.1 Å². The van der Waals surface area contributed by atoms with E-state index in [-0.39, 0.29) is 0 Å². The molecule has 1 fully saturated rings. The van der Waals surface area contributed by atoms with E-state index < -0.39 is 0 Å². The Kier molecular flexibility index (Phi) is 4.97. The van der Waals surface area contributed by atoms with Gasteiger partial charge in [0.25, 0.3) is 5.78 Å². The number of hydrogen-bond acceptors (Lipinski definition) is 6. The van der Waals surface area contributed by atoms with E-state index in [1.807, 2.05) is 18.2 Å². The summed E-state index contributed by atoms with van der Waals surface area (Å²) in [5.74, 6) is 1.79. The molecule has 0 radical (unpaired) electrons. The Morgan fingerprint density at radius 2 is 1.96 bits per heavy atom. The standard InChI is InChI=1S/C19H23N5O2/c1-25-12-16-11-18(24-19(23-16)20-13-21-24)26-17-9-7-15(8-10-17)22-14-5-3-2-4-6-14/h7-11,13-14,22H,2-6,12H2,1H3. The van der Waals surface area contributed by atoms with Gasteiger partial charge in [0.2, 0.25) is 5.88 Å². The van der Waals surface area contributed by atoms with Crippen molar-refractivity contribution in [3.05, 3.63) is 42.4 Å². The molecule has 1 saturated carbocycles. The fraction of sp³-hybridized carbons (Fsp3) is 0.421. The van der Waals surface area contributed by atoms with Crippen LogP contribution in [0.5, 0.6) is 11.6 Å². The molecule has 4 rings (SSSR count). The highest BCUT2D eigenvalue weighted by molar-refractivity contribution is 5.48. The summed E-state index contributed by atoms with van der Waals surface area (Å²) in [7, 11) is 1.63. The van der Waals surface area contributed by atoms with Gasteiger partial charge in [0.1, 0.15) is 12.1 Å². The van der Waals surface area contributed by atoms with Crippen molar-refractivity contribution in [2.24, 2.45) is 0 Å². The van der Waals surface area contributed by atoms with Crippen LogP contribution in [-0.4, -0.2) is 32.7 Å². The van der Waals surface area contributed by atoms with Crippen LogP contribution >= 0.6 is 0 Å². The van der Waals surface area contributed by atoms with Crippen molar-refractivity contribution in [2.45, 2.75) is 44.8 Å². The number of nitrogens with zero attached hydrogens (tertiary/aromatic N) is 4. The van der Waals surface area contributed by atoms with Gasteiger partial charge >= 0.3 is 0 Å². The lowest BCUT2D eigenvalue weighted by molar-refractivity contribution is 0.181. The van der Waals surface area contributed by atoms with E-state index in [1.54, 1.807) is 11.6 Å². The summed E-state index contributed by atoms with van der Waals surface area (Å²) in [6.45, 7) is 0.393. The first-order valence-electron chi connectivity index (χ1n) is 9.05. The molecule has 0 saturated heterocycles. The highest BCUT2D eigenvalue weighted by Gasteiger charge is 2.13. The summed E-state index contributed by atoms with van der Waals surface area (Å²) in [5.41, 5.74) is 1.88. The zero-order chi connectivity index (χ0) is 17.8. The number of anilines is 1. The van der Waals surface area contributed by atoms with Gasteiger partial charge in [-0.1, -0.05) is 19.3 Å². The summed E-state index contributed by atoms with van der Waals surface area (Å²) < 4.78 is 12.8. The molecule has 3 aromatic rings. The number of nitrogens with one attached hydrogen (secondary N) is 1. The highest BCUT2D eigenvalue weighted by atomic mass is 16.5. The molecule has 7 nitrogen and oxygen atoms in total. The Labute approximate surface area is 152 Å². The fourth-order valence-corrected chi connectivity index (χ4v) is 3.35. The SMILES string of the molecule is COCc1cc(Oc2ccc(NC3CCCCC3)cc2)n2ncnc2n1. The summed E-state index contributed by atoms with van der Waals surface area (Å²) in [6, 6.07) is 10.4. The Hall–Kier alpha value is -2.67. The molecule has 26 heavy (non-hydrogen) atoms. The predicted molar refractivity (Wildman–Crippen MR) is 98.5 cm³/mol. The van der Waals surface area contributed by atoms with E-state index in [4.69, 9.17) is 9.47 Å². The molecule has 1 aliphatic rings. The van der Waals surface area contributed by atoms with Gasteiger partial charge in [-0.25, -0.2) is 4.98 Å². The quantitative estimate of drug-likeness (QED) is 0.726. The molecule has 136 valence electrons. The normalized spacial score (nSPS) is 15.3. The van der Waals surface area contributed by atoms with Crippen molar-refractivity contribution < 1.29 is 9.47 Å². The summed E-state index contributed by atoms with van der Waals surface area (Å²) in [5, 5.41) is 7.79. The van der Waals surface area contributed by atoms with Crippen LogP contribution in [0, 0.1) is 0 Å². The van der Waals surface area contributed by atoms with E-state index in [2.05, 4.69) is 32.5 Å². The van der Waals surface area contributed by atoms with Gasteiger partial charge in [-0.05, 0) is 37.1 Å². The lowest BCUT2D eigenvalue weighted by Gasteiger charge is -2.23. The Balaban J connectivity index is 1.50. The van der Waals surface area contributed by atoms with Gasteiger partial charge in [0, 0.05) is 24.9 Å². The van der Waals surface area contributed by atoms with E-state index in [9.17, 15) is 0 Å². The third kappa shape index (κ3) is 3.77. The minimum Gasteiger partial charge on any atom is -0.439 e. The highest BCUT2D eigenvalue weighted by Crippen LogP contribution is 2.26. The summed E-state index contributed by atoms with van der Waals surface area (Å²) in [4.78, 5) is 8.52. The molecule has 1 N–H and O–H groups in total. The van der Waals surface area contributed by atoms with E-state index in [1.165, 1.54) is 38.4 Å². The number of ether oxygens (including phenoxy) is 2. The molecule has 2 heterocycles. The molecular weight excluding hydrogens is 330 g/mol. The third-order valence-corrected chi connectivity index (χ3v) is 4.62. The van der Waals surface area contributed by atoms with Crippen molar-refractivity contribution >= 4 is 11.5 Å². The Bertz CT molecular complexity index is 856. The molecule has 7 heteroatoms. The second kappa shape index (κ2) is 7.70. The third-order valence-electron chi connectivity index (χ3n) is 4.62. The second-order valence-corrected chi connectivity index (χ2v) is 6.60. The Morgan fingerprint density at radius 3 is 2.73 bits per heavy atom. The van der Waals surface area contributed by atoms with Crippen molar-refractivity contribution in [3.63, 3.8) is 0 Å². The molecule has 1 aliphatic carbocycles. The second-order valence-electron chi connectivity index (χ2n) is 6.60. The molecule has 0 aliphatic heterocycles. The predicted octanol–water partition coefficient (Wildman–Crippen LogP) is 3.81. The van der Waals surface area contributed by atoms with Crippen molar-refractivity contribution in [1.29, 1.82) is 0 Å². The largest absolute Gasteiger partial charge is 0.439 e. The van der Waals surface area contributed by atoms with Gasteiger partial charge in [-0.2, -0.15) is 14.6 Å². The smallest absolute Gasteiger partial charge is 0.255 e. The molecule has 0 unspecified atom stereocenters. The molecule has 2 aromatic heterocycles. The zero-order valence-corrected chi connectivity index (χ0v) is 14.9. The maximum Gasteiger partial charge on any atom is 0.255 e. The maximum atomic E-state index is 6.02. The van der Waals surface area contributed by atoms with Gasteiger partial charge in [-0.3, -0.25) is 0 Å². The summed E-state index contributed by atoms with van der Waals surface area (Å²) in [6.07, 6.45) is 7.96. The molecule has 0 bridgehead atoms. The van der Waals surface area contributed by atoms with Crippen LogP contribution in [0.3, 0.4) is 0 Å². The number of aromatic nitrogens is 4. The number of rotatable bonds is 6. The number of hydrogen-bond donors (Lipinski definition) is 1. The van der Waals surface area contributed by atoms with Crippen LogP contribution in [0.15, 0.2) is 36.7 Å². The lowest BCUT2D eigenvalue weighted by Crippen LogP contribution is -2.22. The van der Waals surface area contributed by atoms with E-state index >= 15 is 0 Å². The van der Waals surface area contributed by atoms with Gasteiger partial charge in [0.15, 0.2) is 0 Å². The minimum atomic E-state index is 0.393. The first-order chi connectivity index (χ1) is 12.8. The van der Waals surface area contributed by atoms with Gasteiger partial charge < -0.3 is 14.8 Å². The minimum absolute atomic E-state index is 0.393. The average Bonchev–Trinajstić information content (AvgIpc) is 3.13. The van der Waals surface area contributed by atoms with E-state index in [0.717, 1.165) is 17.1 Å². The van der Waals surface area contributed by atoms with Gasteiger partial charge in [-0.15, -0.1) is 0 Å². The van der Waals surface area contributed by atoms with Crippen LogP contribution in [0.2, 0.25) is 0 Å². The molecular formula is C19H23N5O2. The monoisotopic (exact) mass is 353 g/mol. The number of fused-ring (bicyclic) bond motifs is 1. The molecule has 1 aromatic carbocycles. The first kappa shape index (κ1) is 16.8. The van der Waals surface area contributed by atoms with Crippen LogP contribution in [0.4, 0.5) is 5.69 Å². The summed E-state index contributed by atoms with van der Waals surface area (Å²) >= 11 is 0. The topological polar surface area (TPSA) is 73.6 Å². The zero-order valence-electron chi connectivity index (χ0n) is 14.9. The Morgan fingerprint density at radius 1 is 1.15 bits per heavy atom. The van der Waals surface area contributed by atoms with Crippen LogP contribution in [-0.2, 0) is 11.3 Å². The first-order valence-corrected chi connectivity index (χ1v) is 9.05. The van der Waals surface area contributed by atoms with E-state index in [0.29, 0.717) is 24.3 Å². The van der Waals surface area contributed by atoms with Crippen molar-refractivity contribution in [1.82, 2.24) is 19.6 Å². The average molecular weight is 353 g/mol. The van der Waals surface area contributed by atoms with Crippen LogP contribution in [0.1, 0.15) is 37.8 Å². The fourth-order valence-electron chi connectivity index (χ4n) is 3.35. The molecule has 0 amide bonds. The maximum absolute atomic E-state index is 6.02. The van der Waals surface area contributed by atoms with Crippen molar-refractivity contribution in [3.8, 4) is 11.6 Å². The van der Waals surface area contributed by atoms with Crippen molar-refractivity contribution in [2.75, 3.05) is 12.4 Å². The molecule has 0 atom stereocenters. The lowest BCUT2D eigenvalue weighted by atomic mass is 9.95. The van der Waals surface area contributed by atoms with Gasteiger partial charge in [0.05, 0.1) is 12.3 Å². The number of benzene rings is 1. The molecule has 0 spiro atoms.